The van der Waals surface area contributed by atoms with E-state index in [0.29, 0.717) is 34.4 Å². The zero-order chi connectivity index (χ0) is 22.1. The highest BCUT2D eigenvalue weighted by atomic mass is 16.5. The van der Waals surface area contributed by atoms with E-state index in [1.165, 1.54) is 18.4 Å². The first kappa shape index (κ1) is 20.4. The molecule has 2 aromatic carbocycles. The first-order chi connectivity index (χ1) is 15.5. The molecule has 1 fully saturated rings. The van der Waals surface area contributed by atoms with Crippen molar-refractivity contribution in [2.45, 2.75) is 45.4 Å². The molecule has 1 N–H and O–H groups in total. The van der Waals surface area contributed by atoms with Crippen LogP contribution < -0.4 is 4.74 Å². The number of ether oxygens (including phenoxy) is 1. The third kappa shape index (κ3) is 4.15. The fourth-order valence-electron chi connectivity index (χ4n) is 4.75. The van der Waals surface area contributed by atoms with Crippen LogP contribution in [-0.2, 0) is 0 Å². The van der Waals surface area contributed by atoms with Crippen molar-refractivity contribution in [2.24, 2.45) is 5.41 Å². The summed E-state index contributed by atoms with van der Waals surface area (Å²) in [5.41, 5.74) is 3.71. The van der Waals surface area contributed by atoms with Crippen molar-refractivity contribution >= 4 is 16.8 Å². The minimum Gasteiger partial charge on any atom is -0.439 e. The van der Waals surface area contributed by atoms with E-state index in [1.54, 1.807) is 18.3 Å². The van der Waals surface area contributed by atoms with Crippen molar-refractivity contribution in [3.8, 4) is 11.6 Å². The van der Waals surface area contributed by atoms with E-state index in [2.05, 4.69) is 34.9 Å². The normalized spacial score (nSPS) is 17.9. The van der Waals surface area contributed by atoms with E-state index in [1.807, 2.05) is 42.5 Å². The molecule has 5 rings (SSSR count). The predicted molar refractivity (Wildman–Crippen MR) is 125 cm³/mol. The molecule has 1 saturated carbocycles. The Bertz CT molecular complexity index is 1220. The van der Waals surface area contributed by atoms with Crippen LogP contribution in [0.4, 0.5) is 0 Å². The van der Waals surface area contributed by atoms with Gasteiger partial charge in [0.05, 0.1) is 11.0 Å². The average Bonchev–Trinajstić information content (AvgIpc) is 3.23. The number of aromatic amines is 1. The molecule has 0 bridgehead atoms. The van der Waals surface area contributed by atoms with E-state index in [4.69, 9.17) is 4.74 Å². The maximum absolute atomic E-state index is 12.9. The van der Waals surface area contributed by atoms with Crippen molar-refractivity contribution in [3.05, 3.63) is 83.8 Å². The lowest BCUT2D eigenvalue weighted by molar-refractivity contribution is 0.103. The van der Waals surface area contributed by atoms with E-state index in [9.17, 15) is 4.79 Å². The van der Waals surface area contributed by atoms with E-state index in [-0.39, 0.29) is 5.78 Å². The quantitative estimate of drug-likeness (QED) is 0.363. The molecule has 5 heteroatoms. The van der Waals surface area contributed by atoms with Crippen LogP contribution in [0.5, 0.6) is 11.6 Å². The molecule has 1 atom stereocenters. The number of hydrogen-bond donors (Lipinski definition) is 1. The van der Waals surface area contributed by atoms with Crippen molar-refractivity contribution in [3.63, 3.8) is 0 Å². The molecule has 4 aromatic rings. The monoisotopic (exact) mass is 425 g/mol. The number of carbonyl (C=O) groups is 1. The third-order valence-electron chi connectivity index (χ3n) is 6.38. The molecule has 1 aliphatic carbocycles. The molecular weight excluding hydrogens is 398 g/mol. The molecule has 2 heterocycles. The van der Waals surface area contributed by atoms with Crippen LogP contribution in [0.25, 0.3) is 11.0 Å². The number of nitrogens with one attached hydrogen (secondary N) is 1. The number of hydrogen-bond acceptors (Lipinski definition) is 4. The van der Waals surface area contributed by atoms with Gasteiger partial charge < -0.3 is 9.72 Å². The Kier molecular flexibility index (Phi) is 5.25. The van der Waals surface area contributed by atoms with Gasteiger partial charge in [-0.2, -0.15) is 0 Å². The summed E-state index contributed by atoms with van der Waals surface area (Å²) in [4.78, 5) is 24.9. The fourth-order valence-corrected chi connectivity index (χ4v) is 4.75. The Morgan fingerprint density at radius 1 is 1.06 bits per heavy atom. The summed E-state index contributed by atoms with van der Waals surface area (Å²) in [5, 5.41) is 0. The Balaban J connectivity index is 1.35. The smallest absolute Gasteiger partial charge is 0.228 e. The van der Waals surface area contributed by atoms with Crippen LogP contribution in [-0.4, -0.2) is 20.7 Å². The number of aromatic nitrogens is 3. The Morgan fingerprint density at radius 2 is 1.88 bits per heavy atom. The standard InChI is InChI=1S/C27H27N3O2/c1-27(2)15-5-7-19(17-27)21-8-6-16-28-26(21)32-20-13-11-18(12-14-20)24(31)25-29-22-9-3-4-10-23(22)30-25/h3-4,6,8-14,16,19H,5,7,15,17H2,1-2H3,(H,29,30)/t19-/m1/s1. The summed E-state index contributed by atoms with van der Waals surface area (Å²) in [7, 11) is 0. The molecule has 1 aliphatic rings. The second-order valence-corrected chi connectivity index (χ2v) is 9.41. The van der Waals surface area contributed by atoms with Gasteiger partial charge in [-0.25, -0.2) is 9.97 Å². The molecule has 0 amide bonds. The summed E-state index contributed by atoms with van der Waals surface area (Å²) in [6.07, 6.45) is 6.56. The van der Waals surface area contributed by atoms with E-state index in [0.717, 1.165) is 23.9 Å². The lowest BCUT2D eigenvalue weighted by atomic mass is 9.70. The molecule has 32 heavy (non-hydrogen) atoms. The van der Waals surface area contributed by atoms with Crippen molar-refractivity contribution < 1.29 is 9.53 Å². The molecular formula is C27H27N3O2. The summed E-state index contributed by atoms with van der Waals surface area (Å²) in [6.45, 7) is 4.68. The number of para-hydroxylation sites is 2. The highest BCUT2D eigenvalue weighted by Gasteiger charge is 2.30. The van der Waals surface area contributed by atoms with Gasteiger partial charge in [-0.05, 0) is 73.1 Å². The van der Waals surface area contributed by atoms with Gasteiger partial charge in [-0.1, -0.05) is 38.5 Å². The summed E-state index contributed by atoms with van der Waals surface area (Å²) in [5.74, 6) is 1.98. The first-order valence-electron chi connectivity index (χ1n) is 11.2. The van der Waals surface area contributed by atoms with Gasteiger partial charge in [0.1, 0.15) is 5.75 Å². The topological polar surface area (TPSA) is 67.9 Å². The number of pyridine rings is 1. The van der Waals surface area contributed by atoms with Gasteiger partial charge >= 0.3 is 0 Å². The number of nitrogens with zero attached hydrogens (tertiary/aromatic N) is 2. The van der Waals surface area contributed by atoms with Crippen LogP contribution in [0.15, 0.2) is 66.9 Å². The molecule has 0 saturated heterocycles. The van der Waals surface area contributed by atoms with Crippen LogP contribution in [0.1, 0.15) is 67.2 Å². The van der Waals surface area contributed by atoms with Crippen LogP contribution >= 0.6 is 0 Å². The summed E-state index contributed by atoms with van der Waals surface area (Å²) < 4.78 is 6.17. The van der Waals surface area contributed by atoms with Crippen LogP contribution in [0.3, 0.4) is 0 Å². The maximum Gasteiger partial charge on any atom is 0.228 e. The molecule has 5 nitrogen and oxygen atoms in total. The number of H-pyrrole nitrogens is 1. The number of benzene rings is 2. The zero-order valence-corrected chi connectivity index (χ0v) is 18.5. The van der Waals surface area contributed by atoms with Crippen molar-refractivity contribution in [2.75, 3.05) is 0 Å². The number of fused-ring (bicyclic) bond motifs is 1. The minimum atomic E-state index is -0.143. The van der Waals surface area contributed by atoms with Gasteiger partial charge in [0.15, 0.2) is 5.82 Å². The number of imidazole rings is 1. The largest absolute Gasteiger partial charge is 0.439 e. The van der Waals surface area contributed by atoms with Gasteiger partial charge in [0.2, 0.25) is 11.7 Å². The maximum atomic E-state index is 12.9. The van der Waals surface area contributed by atoms with Crippen molar-refractivity contribution in [1.82, 2.24) is 15.0 Å². The molecule has 0 radical (unpaired) electrons. The third-order valence-corrected chi connectivity index (χ3v) is 6.38. The second-order valence-electron chi connectivity index (χ2n) is 9.41. The molecule has 2 aromatic heterocycles. The van der Waals surface area contributed by atoms with Gasteiger partial charge in [0, 0.05) is 17.3 Å². The first-order valence-corrected chi connectivity index (χ1v) is 11.2. The van der Waals surface area contributed by atoms with Crippen molar-refractivity contribution in [1.29, 1.82) is 0 Å². The second kappa shape index (κ2) is 8.23. The van der Waals surface area contributed by atoms with Crippen LogP contribution in [0.2, 0.25) is 0 Å². The number of rotatable bonds is 5. The minimum absolute atomic E-state index is 0.143. The number of ketones is 1. The lowest BCUT2D eigenvalue weighted by Crippen LogP contribution is -2.21. The van der Waals surface area contributed by atoms with Gasteiger partial charge in [0.25, 0.3) is 0 Å². The summed E-state index contributed by atoms with van der Waals surface area (Å²) >= 11 is 0. The Morgan fingerprint density at radius 3 is 2.66 bits per heavy atom. The van der Waals surface area contributed by atoms with E-state index >= 15 is 0 Å². The Labute approximate surface area is 187 Å². The molecule has 162 valence electrons. The zero-order valence-electron chi connectivity index (χ0n) is 18.5. The SMILES string of the molecule is CC1(C)CCC[C@@H](c2cccnc2Oc2ccc(C(=O)c3nc4ccccc4[nH]3)cc2)C1. The molecule has 0 spiro atoms. The number of carbonyl (C=O) groups excluding carboxylic acids is 1. The Hall–Kier alpha value is -3.47. The fraction of sp³-hybridized carbons (Fsp3) is 0.296. The van der Waals surface area contributed by atoms with Gasteiger partial charge in [-0.15, -0.1) is 0 Å². The predicted octanol–water partition coefficient (Wildman–Crippen LogP) is 6.67. The highest BCUT2D eigenvalue weighted by Crippen LogP contribution is 2.45. The lowest BCUT2D eigenvalue weighted by Gasteiger charge is -2.35. The summed E-state index contributed by atoms with van der Waals surface area (Å²) in [6, 6.07) is 18.9. The highest BCUT2D eigenvalue weighted by molar-refractivity contribution is 6.08. The average molecular weight is 426 g/mol. The van der Waals surface area contributed by atoms with Crippen LogP contribution in [0, 0.1) is 5.41 Å². The van der Waals surface area contributed by atoms with Gasteiger partial charge in [-0.3, -0.25) is 4.79 Å². The molecule has 0 aliphatic heterocycles. The molecule has 0 unspecified atom stereocenters. The van der Waals surface area contributed by atoms with E-state index < -0.39 is 0 Å².